The highest BCUT2D eigenvalue weighted by molar-refractivity contribution is 5.86. The van der Waals surface area contributed by atoms with E-state index in [0.717, 1.165) is 40.9 Å². The fraction of sp³-hybridized carbons (Fsp3) is 0.481. The second-order valence-corrected chi connectivity index (χ2v) is 9.94. The van der Waals surface area contributed by atoms with E-state index in [1.165, 1.54) is 7.11 Å². The number of cyclic esters (lactones) is 1. The minimum absolute atomic E-state index is 0.00936. The molecular weight excluding hydrogens is 420 g/mol. The van der Waals surface area contributed by atoms with Crippen LogP contribution in [0.4, 0.5) is 0 Å². The Morgan fingerprint density at radius 2 is 2.06 bits per heavy atom. The van der Waals surface area contributed by atoms with Crippen molar-refractivity contribution in [2.24, 2.45) is 16.7 Å². The Hall–Kier alpha value is -3.02. The van der Waals surface area contributed by atoms with Crippen molar-refractivity contribution in [2.75, 3.05) is 13.7 Å². The molecule has 0 spiro atoms. The van der Waals surface area contributed by atoms with E-state index in [0.29, 0.717) is 13.0 Å². The number of hydrogen-bond acceptors (Lipinski definition) is 6. The molecule has 2 heterocycles. The van der Waals surface area contributed by atoms with Gasteiger partial charge in [0, 0.05) is 23.0 Å². The summed E-state index contributed by atoms with van der Waals surface area (Å²) in [5.41, 5.74) is 3.31. The number of methoxy groups -OCH3 is 1. The zero-order valence-electron chi connectivity index (χ0n) is 20.0. The van der Waals surface area contributed by atoms with Crippen LogP contribution < -0.4 is 0 Å². The van der Waals surface area contributed by atoms with E-state index in [-0.39, 0.29) is 28.7 Å². The molecule has 1 aromatic heterocycles. The second kappa shape index (κ2) is 8.73. The van der Waals surface area contributed by atoms with Crippen LogP contribution in [0, 0.1) is 16.7 Å². The summed E-state index contributed by atoms with van der Waals surface area (Å²) in [5.74, 6) is 0.171. The first-order valence-corrected chi connectivity index (χ1v) is 11.4. The van der Waals surface area contributed by atoms with Gasteiger partial charge in [-0.15, -0.1) is 0 Å². The number of esters is 2. The average molecular weight is 453 g/mol. The molecule has 6 heteroatoms. The average Bonchev–Trinajstić information content (AvgIpc) is 3.30. The fourth-order valence-corrected chi connectivity index (χ4v) is 5.33. The van der Waals surface area contributed by atoms with Crippen LogP contribution in [0.5, 0.6) is 0 Å². The minimum atomic E-state index is -0.395. The van der Waals surface area contributed by atoms with E-state index in [1.807, 2.05) is 19.1 Å². The molecule has 0 radical (unpaired) electrons. The number of carbonyl (C=O) groups excluding carboxylic acids is 2. The largest absolute Gasteiger partial charge is 0.489 e. The molecule has 1 aliphatic heterocycles. The highest BCUT2D eigenvalue weighted by Crippen LogP contribution is 2.53. The predicted molar refractivity (Wildman–Crippen MR) is 123 cm³/mol. The summed E-state index contributed by atoms with van der Waals surface area (Å²) < 4.78 is 22.2. The van der Waals surface area contributed by atoms with E-state index < -0.39 is 6.10 Å². The van der Waals surface area contributed by atoms with E-state index in [1.54, 1.807) is 18.6 Å². The highest BCUT2D eigenvalue weighted by atomic mass is 16.5. The van der Waals surface area contributed by atoms with Crippen LogP contribution in [-0.4, -0.2) is 25.7 Å². The van der Waals surface area contributed by atoms with Crippen LogP contribution in [0.3, 0.4) is 0 Å². The van der Waals surface area contributed by atoms with Gasteiger partial charge in [0.2, 0.25) is 0 Å². The van der Waals surface area contributed by atoms with E-state index in [2.05, 4.69) is 32.9 Å². The molecule has 0 aromatic carbocycles. The third-order valence-electron chi connectivity index (χ3n) is 7.39. The van der Waals surface area contributed by atoms with Crippen LogP contribution in [0.2, 0.25) is 0 Å². The molecule has 6 nitrogen and oxygen atoms in total. The molecule has 0 saturated carbocycles. The Balaban J connectivity index is 1.57. The first-order chi connectivity index (χ1) is 15.7. The molecule has 33 heavy (non-hydrogen) atoms. The van der Waals surface area contributed by atoms with Gasteiger partial charge in [-0.3, -0.25) is 4.79 Å². The number of fused-ring (bicyclic) bond motifs is 1. The molecule has 0 amide bonds. The van der Waals surface area contributed by atoms with E-state index in [4.69, 9.17) is 18.6 Å². The second-order valence-electron chi connectivity index (χ2n) is 9.94. The summed E-state index contributed by atoms with van der Waals surface area (Å²) in [5, 5.41) is 0. The SMILES string of the molecule is COC(=O)C[C@H]1C(C)=C(OCC2=CCC[C@]3(C)C2=CC(=O)O[C@H]3c2ccoc2)C=CC1(C)C. The molecule has 0 unspecified atom stereocenters. The van der Waals surface area contributed by atoms with Gasteiger partial charge in [0.25, 0.3) is 0 Å². The Morgan fingerprint density at radius 3 is 2.76 bits per heavy atom. The molecular formula is C27H32O6. The van der Waals surface area contributed by atoms with Crippen LogP contribution in [0.15, 0.2) is 69.8 Å². The fourth-order valence-electron chi connectivity index (χ4n) is 5.33. The van der Waals surface area contributed by atoms with Gasteiger partial charge in [-0.1, -0.05) is 32.9 Å². The summed E-state index contributed by atoms with van der Waals surface area (Å²) in [7, 11) is 1.41. The van der Waals surface area contributed by atoms with Gasteiger partial charge >= 0.3 is 11.9 Å². The van der Waals surface area contributed by atoms with E-state index >= 15 is 0 Å². The molecule has 176 valence electrons. The predicted octanol–water partition coefficient (Wildman–Crippen LogP) is 5.60. The lowest BCUT2D eigenvalue weighted by Gasteiger charge is -2.44. The molecule has 0 N–H and O–H groups in total. The van der Waals surface area contributed by atoms with E-state index in [9.17, 15) is 9.59 Å². The Bertz CT molecular complexity index is 1050. The van der Waals surface area contributed by atoms with Crippen LogP contribution in [0.25, 0.3) is 0 Å². The maximum absolute atomic E-state index is 12.5. The maximum atomic E-state index is 12.5. The van der Waals surface area contributed by atoms with Crippen molar-refractivity contribution in [1.29, 1.82) is 0 Å². The van der Waals surface area contributed by atoms with Gasteiger partial charge in [0.15, 0.2) is 0 Å². The molecule has 0 bridgehead atoms. The Labute approximate surface area is 195 Å². The van der Waals surface area contributed by atoms with Gasteiger partial charge < -0.3 is 18.6 Å². The number of ether oxygens (including phenoxy) is 3. The number of allylic oxidation sites excluding steroid dienone is 4. The van der Waals surface area contributed by atoms with Crippen LogP contribution >= 0.6 is 0 Å². The van der Waals surface area contributed by atoms with Gasteiger partial charge in [-0.25, -0.2) is 4.79 Å². The van der Waals surface area contributed by atoms with Gasteiger partial charge in [0.1, 0.15) is 18.5 Å². The monoisotopic (exact) mass is 452 g/mol. The first-order valence-electron chi connectivity index (χ1n) is 11.4. The number of carbonyl (C=O) groups is 2. The molecule has 2 aliphatic carbocycles. The minimum Gasteiger partial charge on any atom is -0.489 e. The highest BCUT2D eigenvalue weighted by Gasteiger charge is 2.47. The standard InChI is InChI=1S/C27H32O6/c1-17-20(13-23(28)30-5)26(2,3)11-8-22(17)32-16-18-7-6-10-27(4)21(18)14-24(29)33-25(27)19-9-12-31-15-19/h7-9,11-12,14-15,20,25H,6,10,13,16H2,1-5H3/t20-,25-,27+/m0/s1. The quantitative estimate of drug-likeness (QED) is 0.523. The van der Waals surface area contributed by atoms with Crippen LogP contribution in [0.1, 0.15) is 58.6 Å². The number of hydrogen-bond donors (Lipinski definition) is 0. The molecule has 0 fully saturated rings. The molecule has 4 rings (SSSR count). The summed E-state index contributed by atoms with van der Waals surface area (Å²) >= 11 is 0. The summed E-state index contributed by atoms with van der Waals surface area (Å²) in [4.78, 5) is 24.5. The van der Waals surface area contributed by atoms with Crippen molar-refractivity contribution < 1.29 is 28.2 Å². The van der Waals surface area contributed by atoms with Crippen molar-refractivity contribution in [1.82, 2.24) is 0 Å². The van der Waals surface area contributed by atoms with Crippen molar-refractivity contribution in [3.05, 3.63) is 70.9 Å². The Kier molecular flexibility index (Phi) is 6.12. The van der Waals surface area contributed by atoms with Crippen molar-refractivity contribution in [2.45, 2.75) is 53.1 Å². The topological polar surface area (TPSA) is 75.0 Å². The lowest BCUT2D eigenvalue weighted by molar-refractivity contribution is -0.152. The first kappa shape index (κ1) is 23.1. The zero-order chi connectivity index (χ0) is 23.8. The molecule has 0 saturated heterocycles. The van der Waals surface area contributed by atoms with Gasteiger partial charge in [-0.2, -0.15) is 0 Å². The molecule has 1 aromatic rings. The normalized spacial score (nSPS) is 28.5. The van der Waals surface area contributed by atoms with Crippen molar-refractivity contribution in [3.8, 4) is 0 Å². The van der Waals surface area contributed by atoms with Gasteiger partial charge in [-0.05, 0) is 54.0 Å². The van der Waals surface area contributed by atoms with Crippen molar-refractivity contribution in [3.63, 3.8) is 0 Å². The Morgan fingerprint density at radius 1 is 1.27 bits per heavy atom. The molecule has 3 aliphatic rings. The zero-order valence-corrected chi connectivity index (χ0v) is 20.0. The third kappa shape index (κ3) is 4.31. The summed E-state index contributed by atoms with van der Waals surface area (Å²) in [6.07, 6.45) is 12.7. The number of rotatable bonds is 6. The molecule has 3 atom stereocenters. The summed E-state index contributed by atoms with van der Waals surface area (Å²) in [6.45, 7) is 8.71. The summed E-state index contributed by atoms with van der Waals surface area (Å²) in [6, 6.07) is 1.85. The smallest absolute Gasteiger partial charge is 0.331 e. The number of furan rings is 1. The lowest BCUT2D eigenvalue weighted by Crippen LogP contribution is -2.38. The maximum Gasteiger partial charge on any atom is 0.331 e. The lowest BCUT2D eigenvalue weighted by atomic mass is 9.65. The van der Waals surface area contributed by atoms with Crippen molar-refractivity contribution >= 4 is 11.9 Å². The third-order valence-corrected chi connectivity index (χ3v) is 7.39. The van der Waals surface area contributed by atoms with Gasteiger partial charge in [0.05, 0.1) is 26.1 Å². The van der Waals surface area contributed by atoms with Crippen LogP contribution in [-0.2, 0) is 23.8 Å².